The Morgan fingerprint density at radius 1 is 1.16 bits per heavy atom. The van der Waals surface area contributed by atoms with Crippen molar-refractivity contribution >= 4 is 0 Å². The predicted octanol–water partition coefficient (Wildman–Crippen LogP) is 4.02. The standard InChI is InChI=1S/C16H20FNO/c1-3-10-18-12(2)11-15-8-9-16(19-15)13-4-6-14(17)7-5-13/h4-9,12,18H,3,10-11H2,1-2H3. The molecule has 0 aliphatic heterocycles. The summed E-state index contributed by atoms with van der Waals surface area (Å²) in [5.74, 6) is 1.51. The van der Waals surface area contributed by atoms with Gasteiger partial charge in [0.1, 0.15) is 17.3 Å². The highest BCUT2D eigenvalue weighted by Gasteiger charge is 2.08. The lowest BCUT2D eigenvalue weighted by molar-refractivity contribution is 0.464. The molecule has 1 aromatic heterocycles. The van der Waals surface area contributed by atoms with Crippen LogP contribution in [0.25, 0.3) is 11.3 Å². The number of hydrogen-bond acceptors (Lipinski definition) is 2. The molecule has 1 heterocycles. The van der Waals surface area contributed by atoms with Gasteiger partial charge in [-0.1, -0.05) is 6.92 Å². The van der Waals surface area contributed by atoms with Crippen LogP contribution in [-0.4, -0.2) is 12.6 Å². The highest BCUT2D eigenvalue weighted by Crippen LogP contribution is 2.23. The van der Waals surface area contributed by atoms with Gasteiger partial charge in [-0.3, -0.25) is 0 Å². The molecule has 0 aliphatic rings. The second-order valence-corrected chi connectivity index (χ2v) is 4.83. The van der Waals surface area contributed by atoms with Crippen LogP contribution in [-0.2, 0) is 6.42 Å². The maximum absolute atomic E-state index is 12.9. The first kappa shape index (κ1) is 13.8. The number of halogens is 1. The number of rotatable bonds is 6. The van der Waals surface area contributed by atoms with Gasteiger partial charge >= 0.3 is 0 Å². The zero-order chi connectivity index (χ0) is 13.7. The lowest BCUT2D eigenvalue weighted by atomic mass is 10.2. The highest BCUT2D eigenvalue weighted by molar-refractivity contribution is 5.57. The van der Waals surface area contributed by atoms with Crippen LogP contribution in [0.2, 0.25) is 0 Å². The molecule has 0 spiro atoms. The van der Waals surface area contributed by atoms with Crippen LogP contribution < -0.4 is 5.32 Å². The molecule has 2 rings (SSSR count). The molecule has 1 N–H and O–H groups in total. The van der Waals surface area contributed by atoms with Gasteiger partial charge in [0.25, 0.3) is 0 Å². The third kappa shape index (κ3) is 3.93. The van der Waals surface area contributed by atoms with Gasteiger partial charge < -0.3 is 9.73 Å². The van der Waals surface area contributed by atoms with Crippen molar-refractivity contribution in [3.05, 3.63) is 48.0 Å². The molecular weight excluding hydrogens is 241 g/mol. The number of nitrogens with one attached hydrogen (secondary N) is 1. The first-order valence-electron chi connectivity index (χ1n) is 6.77. The zero-order valence-corrected chi connectivity index (χ0v) is 11.4. The van der Waals surface area contributed by atoms with E-state index in [9.17, 15) is 4.39 Å². The van der Waals surface area contributed by atoms with E-state index in [0.717, 1.165) is 36.5 Å². The molecule has 0 saturated heterocycles. The van der Waals surface area contributed by atoms with Crippen molar-refractivity contribution in [2.45, 2.75) is 32.7 Å². The van der Waals surface area contributed by atoms with E-state index in [-0.39, 0.29) is 5.82 Å². The average Bonchev–Trinajstić information content (AvgIpc) is 2.85. The SMILES string of the molecule is CCCNC(C)Cc1ccc(-c2ccc(F)cc2)o1. The largest absolute Gasteiger partial charge is 0.461 e. The Balaban J connectivity index is 2.00. The predicted molar refractivity (Wildman–Crippen MR) is 75.6 cm³/mol. The minimum absolute atomic E-state index is 0.229. The number of hydrogen-bond donors (Lipinski definition) is 1. The molecule has 2 aromatic rings. The van der Waals surface area contributed by atoms with Gasteiger partial charge in [0.2, 0.25) is 0 Å². The Bertz CT molecular complexity index is 504. The summed E-state index contributed by atoms with van der Waals surface area (Å²) in [5.41, 5.74) is 0.904. The molecule has 0 aliphatic carbocycles. The van der Waals surface area contributed by atoms with Crippen LogP contribution in [0.15, 0.2) is 40.8 Å². The lowest BCUT2D eigenvalue weighted by Crippen LogP contribution is -2.28. The molecule has 0 bridgehead atoms. The Kier molecular flexibility index (Phi) is 4.74. The summed E-state index contributed by atoms with van der Waals surface area (Å²) in [6, 6.07) is 10.7. The van der Waals surface area contributed by atoms with E-state index >= 15 is 0 Å². The summed E-state index contributed by atoms with van der Waals surface area (Å²) in [6.07, 6.45) is 1.99. The van der Waals surface area contributed by atoms with Gasteiger partial charge in [0, 0.05) is 18.0 Å². The summed E-state index contributed by atoms with van der Waals surface area (Å²) in [7, 11) is 0. The van der Waals surface area contributed by atoms with Crippen molar-refractivity contribution < 1.29 is 8.81 Å². The van der Waals surface area contributed by atoms with E-state index in [2.05, 4.69) is 19.2 Å². The van der Waals surface area contributed by atoms with Crippen LogP contribution in [0.5, 0.6) is 0 Å². The minimum atomic E-state index is -0.229. The second kappa shape index (κ2) is 6.53. The normalized spacial score (nSPS) is 12.6. The van der Waals surface area contributed by atoms with E-state index in [0.29, 0.717) is 6.04 Å². The van der Waals surface area contributed by atoms with Crippen molar-refractivity contribution in [1.82, 2.24) is 5.32 Å². The molecule has 1 aromatic carbocycles. The lowest BCUT2D eigenvalue weighted by Gasteiger charge is -2.10. The summed E-state index contributed by atoms with van der Waals surface area (Å²) in [5, 5.41) is 3.43. The Labute approximate surface area is 113 Å². The molecule has 0 amide bonds. The average molecular weight is 261 g/mol. The van der Waals surface area contributed by atoms with Gasteiger partial charge in [-0.2, -0.15) is 0 Å². The van der Waals surface area contributed by atoms with E-state index in [1.165, 1.54) is 12.1 Å². The smallest absolute Gasteiger partial charge is 0.134 e. The maximum atomic E-state index is 12.9. The van der Waals surface area contributed by atoms with E-state index < -0.39 is 0 Å². The van der Waals surface area contributed by atoms with Crippen molar-refractivity contribution in [3.63, 3.8) is 0 Å². The fourth-order valence-corrected chi connectivity index (χ4v) is 2.02. The topological polar surface area (TPSA) is 25.2 Å². The monoisotopic (exact) mass is 261 g/mol. The third-order valence-electron chi connectivity index (χ3n) is 3.04. The van der Waals surface area contributed by atoms with Crippen LogP contribution >= 0.6 is 0 Å². The third-order valence-corrected chi connectivity index (χ3v) is 3.04. The van der Waals surface area contributed by atoms with Crippen molar-refractivity contribution in [1.29, 1.82) is 0 Å². The molecule has 0 radical (unpaired) electrons. The number of benzene rings is 1. The highest BCUT2D eigenvalue weighted by atomic mass is 19.1. The number of furan rings is 1. The summed E-state index contributed by atoms with van der Waals surface area (Å²) in [4.78, 5) is 0. The molecule has 1 atom stereocenters. The molecule has 3 heteroatoms. The van der Waals surface area contributed by atoms with Gasteiger partial charge in [-0.15, -0.1) is 0 Å². The van der Waals surface area contributed by atoms with Crippen molar-refractivity contribution in [3.8, 4) is 11.3 Å². The molecule has 0 saturated carbocycles. The molecule has 102 valence electrons. The van der Waals surface area contributed by atoms with E-state index in [4.69, 9.17) is 4.42 Å². The van der Waals surface area contributed by atoms with Crippen molar-refractivity contribution in [2.75, 3.05) is 6.54 Å². The molecular formula is C16H20FNO. The van der Waals surface area contributed by atoms with E-state index in [1.54, 1.807) is 12.1 Å². The van der Waals surface area contributed by atoms with Crippen molar-refractivity contribution in [2.24, 2.45) is 0 Å². The van der Waals surface area contributed by atoms with Crippen LogP contribution in [0.4, 0.5) is 4.39 Å². The molecule has 1 unspecified atom stereocenters. The second-order valence-electron chi connectivity index (χ2n) is 4.83. The zero-order valence-electron chi connectivity index (χ0n) is 11.4. The van der Waals surface area contributed by atoms with Crippen LogP contribution in [0, 0.1) is 5.82 Å². The van der Waals surface area contributed by atoms with Crippen LogP contribution in [0.1, 0.15) is 26.0 Å². The quantitative estimate of drug-likeness (QED) is 0.849. The fourth-order valence-electron chi connectivity index (χ4n) is 2.02. The first-order valence-corrected chi connectivity index (χ1v) is 6.77. The van der Waals surface area contributed by atoms with Gasteiger partial charge in [0.05, 0.1) is 0 Å². The maximum Gasteiger partial charge on any atom is 0.134 e. The molecule has 19 heavy (non-hydrogen) atoms. The first-order chi connectivity index (χ1) is 9.19. The summed E-state index contributed by atoms with van der Waals surface area (Å²) < 4.78 is 18.7. The molecule has 2 nitrogen and oxygen atoms in total. The Hall–Kier alpha value is -1.61. The van der Waals surface area contributed by atoms with Gasteiger partial charge in [0.15, 0.2) is 0 Å². The van der Waals surface area contributed by atoms with Gasteiger partial charge in [-0.25, -0.2) is 4.39 Å². The Morgan fingerprint density at radius 3 is 2.58 bits per heavy atom. The summed E-state index contributed by atoms with van der Waals surface area (Å²) in [6.45, 7) is 5.32. The van der Waals surface area contributed by atoms with Gasteiger partial charge in [-0.05, 0) is 56.3 Å². The van der Waals surface area contributed by atoms with E-state index in [1.807, 2.05) is 12.1 Å². The Morgan fingerprint density at radius 2 is 1.89 bits per heavy atom. The molecule has 0 fully saturated rings. The van der Waals surface area contributed by atoms with Crippen LogP contribution in [0.3, 0.4) is 0 Å². The fraction of sp³-hybridized carbons (Fsp3) is 0.375. The minimum Gasteiger partial charge on any atom is -0.461 e. The summed E-state index contributed by atoms with van der Waals surface area (Å²) >= 11 is 0.